The monoisotopic (exact) mass is 350 g/mol. The number of nitrogens with zero attached hydrogens (tertiary/aromatic N) is 2. The van der Waals surface area contributed by atoms with E-state index in [9.17, 15) is 12.8 Å². The minimum Gasteiger partial charge on any atom is -0.347 e. The van der Waals surface area contributed by atoms with Gasteiger partial charge in [-0.25, -0.2) is 17.8 Å². The number of halogens is 1. The summed E-state index contributed by atoms with van der Waals surface area (Å²) in [5, 5.41) is 0.723. The molecule has 7 heteroatoms. The maximum Gasteiger partial charge on any atom is 0.186 e. The average molecular weight is 350 g/mol. The molecular weight excluding hydrogens is 335 g/mol. The predicted octanol–water partition coefficient (Wildman–Crippen LogP) is 3.48. The van der Waals surface area contributed by atoms with Crippen molar-refractivity contribution in [3.8, 4) is 0 Å². The molecule has 0 bridgehead atoms. The van der Waals surface area contributed by atoms with E-state index >= 15 is 0 Å². The van der Waals surface area contributed by atoms with Gasteiger partial charge >= 0.3 is 0 Å². The van der Waals surface area contributed by atoms with E-state index in [0.29, 0.717) is 12.1 Å². The number of anilines is 1. The second-order valence-corrected chi connectivity index (χ2v) is 8.35. The Morgan fingerprint density at radius 3 is 2.52 bits per heavy atom. The lowest BCUT2D eigenvalue weighted by atomic mass is 10.2. The Hall–Kier alpha value is -1.99. The van der Waals surface area contributed by atoms with Gasteiger partial charge < -0.3 is 4.90 Å². The Bertz CT molecular complexity index is 950. The first-order valence-corrected chi connectivity index (χ1v) is 9.60. The van der Waals surface area contributed by atoms with Crippen molar-refractivity contribution >= 4 is 36.5 Å². The van der Waals surface area contributed by atoms with Crippen molar-refractivity contribution in [3.63, 3.8) is 0 Å². The van der Waals surface area contributed by atoms with E-state index in [1.54, 1.807) is 24.3 Å². The summed E-state index contributed by atoms with van der Waals surface area (Å²) in [6.45, 7) is 0.564. The van der Waals surface area contributed by atoms with Crippen LogP contribution >= 0.6 is 11.3 Å². The Morgan fingerprint density at radius 1 is 1.17 bits per heavy atom. The topological polar surface area (TPSA) is 50.3 Å². The van der Waals surface area contributed by atoms with Gasteiger partial charge in [-0.05, 0) is 29.8 Å². The largest absolute Gasteiger partial charge is 0.347 e. The predicted molar refractivity (Wildman–Crippen MR) is 91.2 cm³/mol. The van der Waals surface area contributed by atoms with E-state index in [2.05, 4.69) is 4.98 Å². The van der Waals surface area contributed by atoms with Gasteiger partial charge in [0.1, 0.15) is 11.3 Å². The smallest absolute Gasteiger partial charge is 0.186 e. The van der Waals surface area contributed by atoms with E-state index in [1.165, 1.54) is 29.7 Å². The van der Waals surface area contributed by atoms with Crippen molar-refractivity contribution in [2.24, 2.45) is 0 Å². The van der Waals surface area contributed by atoms with Crippen molar-refractivity contribution in [3.05, 3.63) is 53.8 Å². The normalized spacial score (nSPS) is 11.8. The van der Waals surface area contributed by atoms with E-state index in [4.69, 9.17) is 0 Å². The Labute approximate surface area is 138 Å². The number of fused-ring (bicyclic) bond motifs is 1. The zero-order valence-corrected chi connectivity index (χ0v) is 14.3. The molecule has 0 spiro atoms. The zero-order valence-electron chi connectivity index (χ0n) is 12.7. The highest BCUT2D eigenvalue weighted by atomic mass is 32.2. The van der Waals surface area contributed by atoms with Gasteiger partial charge in [0.05, 0.1) is 9.60 Å². The van der Waals surface area contributed by atoms with E-state index in [1.807, 2.05) is 18.0 Å². The number of aromatic nitrogens is 1. The minimum absolute atomic E-state index is 0.243. The SMILES string of the molecule is CN(Cc1ccc(F)cc1)c1nc2c(S(C)(=O)=O)cccc2s1. The number of benzene rings is 2. The first-order valence-electron chi connectivity index (χ1n) is 6.90. The fourth-order valence-corrected chi connectivity index (χ4v) is 4.16. The number of hydrogen-bond donors (Lipinski definition) is 0. The summed E-state index contributed by atoms with van der Waals surface area (Å²) in [6.07, 6.45) is 1.18. The van der Waals surface area contributed by atoms with Crippen LogP contribution in [0.15, 0.2) is 47.4 Å². The van der Waals surface area contributed by atoms with Gasteiger partial charge in [-0.1, -0.05) is 29.5 Å². The zero-order chi connectivity index (χ0) is 16.6. The number of rotatable bonds is 4. The van der Waals surface area contributed by atoms with Crippen LogP contribution in [0.3, 0.4) is 0 Å². The fraction of sp³-hybridized carbons (Fsp3) is 0.188. The van der Waals surface area contributed by atoms with Crippen LogP contribution in [-0.4, -0.2) is 26.7 Å². The van der Waals surface area contributed by atoms with Crippen LogP contribution in [-0.2, 0) is 16.4 Å². The van der Waals surface area contributed by atoms with Gasteiger partial charge in [-0.3, -0.25) is 0 Å². The maximum absolute atomic E-state index is 13.0. The number of para-hydroxylation sites is 1. The molecule has 1 heterocycles. The highest BCUT2D eigenvalue weighted by molar-refractivity contribution is 7.91. The summed E-state index contributed by atoms with van der Waals surface area (Å²) in [5.74, 6) is -0.269. The molecule has 0 amide bonds. The molecule has 4 nitrogen and oxygen atoms in total. The quantitative estimate of drug-likeness (QED) is 0.723. The molecule has 0 N–H and O–H groups in total. The highest BCUT2D eigenvalue weighted by Gasteiger charge is 2.17. The van der Waals surface area contributed by atoms with Crippen molar-refractivity contribution < 1.29 is 12.8 Å². The molecular formula is C16H15FN2O2S2. The standard InChI is InChI=1S/C16H15FN2O2S2/c1-19(10-11-6-8-12(17)9-7-11)16-18-15-13(22-16)4-3-5-14(15)23(2,20)21/h3-9H,10H2,1-2H3. The highest BCUT2D eigenvalue weighted by Crippen LogP contribution is 2.32. The Kier molecular flexibility index (Phi) is 4.08. The molecule has 2 aromatic carbocycles. The summed E-state index contributed by atoms with van der Waals surface area (Å²) < 4.78 is 37.5. The molecule has 3 aromatic rings. The van der Waals surface area contributed by atoms with Crippen LogP contribution < -0.4 is 4.90 Å². The Balaban J connectivity index is 1.95. The Morgan fingerprint density at radius 2 is 1.87 bits per heavy atom. The number of thiazole rings is 1. The first kappa shape index (κ1) is 15.9. The molecule has 1 aromatic heterocycles. The molecule has 3 rings (SSSR count). The first-order chi connectivity index (χ1) is 10.8. The molecule has 0 unspecified atom stereocenters. The van der Waals surface area contributed by atoms with Crippen molar-refractivity contribution in [2.75, 3.05) is 18.2 Å². The van der Waals surface area contributed by atoms with E-state index in [-0.39, 0.29) is 10.7 Å². The van der Waals surface area contributed by atoms with Gasteiger partial charge in [-0.2, -0.15) is 0 Å². The molecule has 0 saturated heterocycles. The van der Waals surface area contributed by atoms with Gasteiger partial charge in [0.2, 0.25) is 0 Å². The van der Waals surface area contributed by atoms with Crippen LogP contribution in [0, 0.1) is 5.82 Å². The van der Waals surface area contributed by atoms with Crippen LogP contribution in [0.25, 0.3) is 10.2 Å². The van der Waals surface area contributed by atoms with Gasteiger partial charge in [0.25, 0.3) is 0 Å². The maximum atomic E-state index is 13.0. The van der Waals surface area contributed by atoms with Crippen LogP contribution in [0.4, 0.5) is 9.52 Å². The molecule has 0 fully saturated rings. The lowest BCUT2D eigenvalue weighted by molar-refractivity contribution is 0.602. The third-order valence-corrected chi connectivity index (χ3v) is 5.69. The third kappa shape index (κ3) is 3.35. The third-order valence-electron chi connectivity index (χ3n) is 3.43. The summed E-state index contributed by atoms with van der Waals surface area (Å²) in [4.78, 5) is 6.65. The second kappa shape index (κ2) is 5.90. The summed E-state index contributed by atoms with van der Waals surface area (Å²) >= 11 is 1.43. The van der Waals surface area contributed by atoms with Crippen molar-refractivity contribution in [1.82, 2.24) is 4.98 Å². The van der Waals surface area contributed by atoms with Crippen molar-refractivity contribution in [2.45, 2.75) is 11.4 Å². The summed E-state index contributed by atoms with van der Waals surface area (Å²) in [7, 11) is -1.45. The summed E-state index contributed by atoms with van der Waals surface area (Å²) in [6, 6.07) is 11.4. The second-order valence-electron chi connectivity index (χ2n) is 5.35. The lowest BCUT2D eigenvalue weighted by Crippen LogP contribution is -2.16. The van der Waals surface area contributed by atoms with Crippen molar-refractivity contribution in [1.29, 1.82) is 0 Å². The van der Waals surface area contributed by atoms with Gasteiger partial charge in [0.15, 0.2) is 15.0 Å². The fourth-order valence-electron chi connectivity index (χ4n) is 2.31. The molecule has 0 saturated carbocycles. The van der Waals surface area contributed by atoms with Gasteiger partial charge in [-0.15, -0.1) is 0 Å². The molecule has 0 radical (unpaired) electrons. The van der Waals surface area contributed by atoms with Crippen LogP contribution in [0.2, 0.25) is 0 Å². The molecule has 0 aliphatic heterocycles. The number of hydrogen-bond acceptors (Lipinski definition) is 5. The molecule has 0 aliphatic rings. The molecule has 23 heavy (non-hydrogen) atoms. The lowest BCUT2D eigenvalue weighted by Gasteiger charge is -2.15. The van der Waals surface area contributed by atoms with Gasteiger partial charge in [0, 0.05) is 19.8 Å². The molecule has 0 atom stereocenters. The average Bonchev–Trinajstić information content (AvgIpc) is 2.92. The van der Waals surface area contributed by atoms with E-state index in [0.717, 1.165) is 15.4 Å². The summed E-state index contributed by atoms with van der Waals surface area (Å²) in [5.41, 5.74) is 1.46. The minimum atomic E-state index is -3.32. The van der Waals surface area contributed by atoms with E-state index < -0.39 is 9.84 Å². The van der Waals surface area contributed by atoms with Crippen LogP contribution in [0.5, 0.6) is 0 Å². The van der Waals surface area contributed by atoms with Crippen LogP contribution in [0.1, 0.15) is 5.56 Å². The molecule has 120 valence electrons. The number of sulfone groups is 1. The molecule has 0 aliphatic carbocycles.